The zero-order valence-electron chi connectivity index (χ0n) is 28.8. The number of hydrogen-bond acceptors (Lipinski definition) is 2. The Bertz CT molecular complexity index is 1840. The largest absolute Gasteiger partial charge is 0.287 e. The van der Waals surface area contributed by atoms with Crippen molar-refractivity contribution in [1.82, 2.24) is 0 Å². The molecule has 2 nitrogen and oxygen atoms in total. The van der Waals surface area contributed by atoms with Crippen LogP contribution in [0.1, 0.15) is 90.3 Å². The van der Waals surface area contributed by atoms with E-state index in [0.29, 0.717) is 11.3 Å². The zero-order chi connectivity index (χ0) is 33.8. The molecule has 2 heteroatoms. The minimum Gasteiger partial charge on any atom is -0.287 e. The van der Waals surface area contributed by atoms with Crippen LogP contribution in [0.5, 0.6) is 0 Å². The van der Waals surface area contributed by atoms with Crippen LogP contribution in [0.25, 0.3) is 0 Å². The van der Waals surface area contributed by atoms with Gasteiger partial charge in [-0.3, -0.25) is 4.79 Å². The summed E-state index contributed by atoms with van der Waals surface area (Å²) in [7, 11) is 0. The molecule has 0 N–H and O–H groups in total. The molecule has 0 saturated heterocycles. The van der Waals surface area contributed by atoms with Crippen molar-refractivity contribution in [3.8, 4) is 0 Å². The number of hydrogen-bond donors (Lipinski definition) is 0. The topological polar surface area (TPSA) is 29.4 Å². The molecule has 6 aromatic carbocycles. The van der Waals surface area contributed by atoms with Crippen LogP contribution in [-0.4, -0.2) is 11.5 Å². The molecule has 48 heavy (non-hydrogen) atoms. The van der Waals surface area contributed by atoms with Gasteiger partial charge in [0.15, 0.2) is 0 Å². The third-order valence-electron chi connectivity index (χ3n) is 9.22. The van der Waals surface area contributed by atoms with Crippen LogP contribution in [0, 0.1) is 34.6 Å². The molecule has 0 bridgehead atoms. The monoisotopic (exact) mass is 625 g/mol. The third-order valence-corrected chi connectivity index (χ3v) is 9.22. The summed E-state index contributed by atoms with van der Waals surface area (Å²) in [6.07, 6.45) is 0. The molecule has 0 unspecified atom stereocenters. The molecular weight excluding hydrogens is 583 g/mol. The Kier molecular flexibility index (Phi) is 9.64. The predicted octanol–water partition coefficient (Wildman–Crippen LogP) is 11.6. The van der Waals surface area contributed by atoms with Gasteiger partial charge in [0.25, 0.3) is 0 Å². The number of ketones is 1. The van der Waals surface area contributed by atoms with E-state index in [1.807, 2.05) is 37.3 Å². The highest BCUT2D eigenvalue weighted by Gasteiger charge is 2.28. The van der Waals surface area contributed by atoms with Crippen LogP contribution in [0.3, 0.4) is 0 Å². The fourth-order valence-electron chi connectivity index (χ4n) is 6.56. The molecule has 0 atom stereocenters. The average Bonchev–Trinajstić information content (AvgIpc) is 3.09. The van der Waals surface area contributed by atoms with Crippen LogP contribution in [0.15, 0.2) is 145 Å². The molecule has 0 aromatic heterocycles. The smallest absolute Gasteiger partial charge is 0.206 e. The number of carbonyl (C=O) groups is 1. The fraction of sp³-hybridized carbons (Fsp3) is 0.174. The Morgan fingerprint density at radius 1 is 0.458 bits per heavy atom. The highest BCUT2D eigenvalue weighted by Crippen LogP contribution is 2.45. The van der Waals surface area contributed by atoms with Gasteiger partial charge in [0.2, 0.25) is 5.78 Å². The molecular formula is C46H43NO. The number of benzene rings is 6. The van der Waals surface area contributed by atoms with E-state index in [1.165, 1.54) is 44.5 Å². The first-order valence-electron chi connectivity index (χ1n) is 16.7. The second-order valence-corrected chi connectivity index (χ2v) is 13.2. The standard InChI is InChI=1S/C46H43NO/c1-30-12-20-36(21-13-30)43(37-22-14-31(2)15-23-37)41-28-34(5)29-42(45(41)47-35(6)46(48)40-10-8-7-9-11-40)44(38-24-16-32(3)17-25-38)39-26-18-33(4)19-27-39/h7-29,43-44H,1-6H3. The molecule has 6 rings (SSSR count). The number of Topliss-reactive ketones (excluding diaryl/α,β-unsaturated/α-hetero) is 1. The van der Waals surface area contributed by atoms with Crippen molar-refractivity contribution in [1.29, 1.82) is 0 Å². The summed E-state index contributed by atoms with van der Waals surface area (Å²) in [6, 6.07) is 49.3. The molecule has 0 amide bonds. The minimum atomic E-state index is -0.0973. The Labute approximate surface area is 285 Å². The first-order chi connectivity index (χ1) is 23.2. The number of rotatable bonds is 9. The van der Waals surface area contributed by atoms with Crippen molar-refractivity contribution >= 4 is 17.2 Å². The van der Waals surface area contributed by atoms with E-state index in [0.717, 1.165) is 22.4 Å². The summed E-state index contributed by atoms with van der Waals surface area (Å²) in [6.45, 7) is 12.5. The van der Waals surface area contributed by atoms with Crippen molar-refractivity contribution < 1.29 is 4.79 Å². The molecule has 0 aliphatic heterocycles. The van der Waals surface area contributed by atoms with E-state index in [4.69, 9.17) is 4.99 Å². The Morgan fingerprint density at radius 3 is 1.12 bits per heavy atom. The minimum absolute atomic E-state index is 0.0717. The predicted molar refractivity (Wildman–Crippen MR) is 201 cm³/mol. The van der Waals surface area contributed by atoms with Crippen molar-refractivity contribution in [3.63, 3.8) is 0 Å². The lowest BCUT2D eigenvalue weighted by Crippen LogP contribution is -2.13. The first kappa shape index (κ1) is 32.6. The highest BCUT2D eigenvalue weighted by molar-refractivity contribution is 6.45. The van der Waals surface area contributed by atoms with Gasteiger partial charge in [0, 0.05) is 17.4 Å². The summed E-state index contributed by atoms with van der Waals surface area (Å²) in [5.41, 5.74) is 14.9. The molecule has 0 aliphatic carbocycles. The molecule has 0 aliphatic rings. The van der Waals surface area contributed by atoms with Crippen LogP contribution in [0.2, 0.25) is 0 Å². The Hall–Kier alpha value is -5.34. The van der Waals surface area contributed by atoms with Gasteiger partial charge >= 0.3 is 0 Å². The fourth-order valence-corrected chi connectivity index (χ4v) is 6.56. The van der Waals surface area contributed by atoms with Gasteiger partial charge in [0.05, 0.1) is 11.4 Å². The molecule has 0 radical (unpaired) electrons. The molecule has 0 heterocycles. The summed E-state index contributed by atoms with van der Waals surface area (Å²) in [4.78, 5) is 19.2. The Balaban J connectivity index is 1.69. The molecule has 0 fully saturated rings. The highest BCUT2D eigenvalue weighted by atomic mass is 16.1. The molecule has 0 spiro atoms. The second kappa shape index (κ2) is 14.2. The number of carbonyl (C=O) groups excluding carboxylic acids is 1. The summed E-state index contributed by atoms with van der Waals surface area (Å²) < 4.78 is 0. The van der Waals surface area contributed by atoms with E-state index in [-0.39, 0.29) is 17.6 Å². The van der Waals surface area contributed by atoms with E-state index in [9.17, 15) is 4.79 Å². The van der Waals surface area contributed by atoms with Crippen molar-refractivity contribution in [3.05, 3.63) is 206 Å². The van der Waals surface area contributed by atoms with Gasteiger partial charge in [-0.05, 0) is 74.9 Å². The average molecular weight is 626 g/mol. The maximum atomic E-state index is 13.9. The zero-order valence-corrected chi connectivity index (χ0v) is 28.8. The van der Waals surface area contributed by atoms with Gasteiger partial charge in [-0.1, -0.05) is 167 Å². The molecule has 6 aromatic rings. The molecule has 238 valence electrons. The lowest BCUT2D eigenvalue weighted by atomic mass is 9.78. The van der Waals surface area contributed by atoms with Gasteiger partial charge < -0.3 is 0 Å². The van der Waals surface area contributed by atoms with Crippen molar-refractivity contribution in [2.45, 2.75) is 53.4 Å². The van der Waals surface area contributed by atoms with Crippen LogP contribution >= 0.6 is 0 Å². The second-order valence-electron chi connectivity index (χ2n) is 13.2. The molecule has 0 saturated carbocycles. The third kappa shape index (κ3) is 7.14. The normalized spacial score (nSPS) is 11.7. The summed E-state index contributed by atoms with van der Waals surface area (Å²) >= 11 is 0. The first-order valence-corrected chi connectivity index (χ1v) is 16.7. The quantitative estimate of drug-likeness (QED) is 0.0893. The van der Waals surface area contributed by atoms with Gasteiger partial charge in [-0.2, -0.15) is 0 Å². The Morgan fingerprint density at radius 2 is 0.792 bits per heavy atom. The van der Waals surface area contributed by atoms with E-state index < -0.39 is 0 Å². The van der Waals surface area contributed by atoms with Crippen molar-refractivity contribution in [2.75, 3.05) is 0 Å². The number of aryl methyl sites for hydroxylation is 5. The number of nitrogens with zero attached hydrogens (tertiary/aromatic N) is 1. The van der Waals surface area contributed by atoms with Gasteiger partial charge in [0.1, 0.15) is 0 Å². The van der Waals surface area contributed by atoms with E-state index in [1.54, 1.807) is 0 Å². The number of aliphatic imine (C=N–C) groups is 1. The van der Waals surface area contributed by atoms with Gasteiger partial charge in [-0.25, -0.2) is 4.99 Å². The lowest BCUT2D eigenvalue weighted by Gasteiger charge is -2.27. The SMILES string of the molecule is CC(=Nc1c(C(c2ccc(C)cc2)c2ccc(C)cc2)cc(C)cc1C(c1ccc(C)cc1)c1ccc(C)cc1)C(=O)c1ccccc1. The van der Waals surface area contributed by atoms with Crippen LogP contribution < -0.4 is 0 Å². The van der Waals surface area contributed by atoms with Gasteiger partial charge in [-0.15, -0.1) is 0 Å². The summed E-state index contributed by atoms with van der Waals surface area (Å²) in [5, 5.41) is 0. The van der Waals surface area contributed by atoms with Crippen molar-refractivity contribution in [2.24, 2.45) is 4.99 Å². The summed E-state index contributed by atoms with van der Waals surface area (Å²) in [5.74, 6) is -0.266. The maximum absolute atomic E-state index is 13.9. The van der Waals surface area contributed by atoms with E-state index >= 15 is 0 Å². The van der Waals surface area contributed by atoms with Crippen LogP contribution in [-0.2, 0) is 0 Å². The van der Waals surface area contributed by atoms with Crippen LogP contribution in [0.4, 0.5) is 5.69 Å². The maximum Gasteiger partial charge on any atom is 0.206 e. The van der Waals surface area contributed by atoms with E-state index in [2.05, 4.69) is 144 Å². The lowest BCUT2D eigenvalue weighted by molar-refractivity contribution is 0.106.